The summed E-state index contributed by atoms with van der Waals surface area (Å²) in [5.74, 6) is -0.913. The topological polar surface area (TPSA) is 70.1 Å². The van der Waals surface area contributed by atoms with E-state index in [4.69, 9.17) is 4.74 Å². The predicted octanol–water partition coefficient (Wildman–Crippen LogP) is 1.65. The van der Waals surface area contributed by atoms with E-state index in [2.05, 4.69) is 0 Å². The first-order valence-corrected chi connectivity index (χ1v) is 7.86. The Kier molecular flexibility index (Phi) is 5.45. The van der Waals surface area contributed by atoms with Crippen LogP contribution in [0.2, 0.25) is 0 Å². The Morgan fingerprint density at radius 3 is 2.48 bits per heavy atom. The van der Waals surface area contributed by atoms with Crippen molar-refractivity contribution in [2.45, 2.75) is 38.6 Å². The molecule has 0 aromatic carbocycles. The van der Waals surface area contributed by atoms with Crippen molar-refractivity contribution in [2.24, 2.45) is 11.8 Å². The number of carbonyl (C=O) groups excluding carboxylic acids is 1. The Labute approximate surface area is 126 Å². The zero-order chi connectivity index (χ0) is 15.4. The second kappa shape index (κ2) is 7.11. The molecule has 2 rings (SSSR count). The Morgan fingerprint density at radius 2 is 1.90 bits per heavy atom. The lowest BCUT2D eigenvalue weighted by atomic mass is 10.0. The van der Waals surface area contributed by atoms with E-state index in [1.165, 1.54) is 25.7 Å². The van der Waals surface area contributed by atoms with E-state index in [0.29, 0.717) is 19.1 Å². The third kappa shape index (κ3) is 3.67. The molecule has 0 bridgehead atoms. The maximum Gasteiger partial charge on any atom is 0.320 e. The average Bonchev–Trinajstić information content (AvgIpc) is 3.10. The molecular weight excluding hydrogens is 272 g/mol. The first kappa shape index (κ1) is 16.1. The number of carboxylic acids is 1. The number of aliphatic carboxylic acids is 1. The van der Waals surface area contributed by atoms with Gasteiger partial charge in [-0.2, -0.15) is 0 Å². The van der Waals surface area contributed by atoms with Gasteiger partial charge in [0.1, 0.15) is 5.92 Å². The van der Waals surface area contributed by atoms with Crippen LogP contribution < -0.4 is 0 Å². The largest absolute Gasteiger partial charge is 0.481 e. The fourth-order valence-corrected chi connectivity index (χ4v) is 3.48. The van der Waals surface area contributed by atoms with Gasteiger partial charge in [-0.1, -0.05) is 12.8 Å². The van der Waals surface area contributed by atoms with Crippen molar-refractivity contribution in [1.29, 1.82) is 0 Å². The van der Waals surface area contributed by atoms with Gasteiger partial charge in [-0.25, -0.2) is 4.79 Å². The molecule has 0 aromatic rings. The SMILES string of the molecule is CCN(C(=O)N(C)CC1CCCC1)C1COCC1C(=O)O. The van der Waals surface area contributed by atoms with Gasteiger partial charge in [-0.15, -0.1) is 0 Å². The summed E-state index contributed by atoms with van der Waals surface area (Å²) in [6, 6.07) is -0.433. The highest BCUT2D eigenvalue weighted by molar-refractivity contribution is 5.77. The minimum absolute atomic E-state index is 0.0776. The zero-order valence-electron chi connectivity index (χ0n) is 13.0. The molecule has 0 aromatic heterocycles. The maximum absolute atomic E-state index is 12.6. The number of likely N-dealkylation sites (N-methyl/N-ethyl adjacent to an activating group) is 1. The summed E-state index contributed by atoms with van der Waals surface area (Å²) in [6.07, 6.45) is 4.88. The number of hydrogen-bond donors (Lipinski definition) is 1. The summed E-state index contributed by atoms with van der Waals surface area (Å²) in [7, 11) is 1.81. The monoisotopic (exact) mass is 298 g/mol. The predicted molar refractivity (Wildman–Crippen MR) is 78.1 cm³/mol. The van der Waals surface area contributed by atoms with Crippen LogP contribution in [0.15, 0.2) is 0 Å². The number of carbonyl (C=O) groups is 2. The van der Waals surface area contributed by atoms with Gasteiger partial charge in [0, 0.05) is 20.1 Å². The minimum Gasteiger partial charge on any atom is -0.481 e. The molecule has 2 aliphatic rings. The molecule has 2 fully saturated rings. The van der Waals surface area contributed by atoms with Crippen molar-refractivity contribution < 1.29 is 19.4 Å². The van der Waals surface area contributed by atoms with Crippen LogP contribution in [0, 0.1) is 11.8 Å². The molecule has 21 heavy (non-hydrogen) atoms. The number of hydrogen-bond acceptors (Lipinski definition) is 3. The Hall–Kier alpha value is -1.30. The van der Waals surface area contributed by atoms with E-state index in [1.807, 2.05) is 14.0 Å². The number of rotatable bonds is 5. The standard InChI is InChI=1S/C15H26N2O4/c1-3-17(13-10-21-9-12(13)14(18)19)15(20)16(2)8-11-6-4-5-7-11/h11-13H,3-10H2,1-2H3,(H,18,19). The molecule has 1 saturated carbocycles. The molecule has 0 radical (unpaired) electrons. The highest BCUT2D eigenvalue weighted by Gasteiger charge is 2.40. The van der Waals surface area contributed by atoms with E-state index < -0.39 is 11.9 Å². The number of urea groups is 1. The van der Waals surface area contributed by atoms with Gasteiger partial charge in [0.2, 0.25) is 0 Å². The van der Waals surface area contributed by atoms with E-state index >= 15 is 0 Å². The van der Waals surface area contributed by atoms with E-state index in [1.54, 1.807) is 9.80 Å². The molecular formula is C15H26N2O4. The van der Waals surface area contributed by atoms with Gasteiger partial charge in [0.05, 0.1) is 19.3 Å². The highest BCUT2D eigenvalue weighted by atomic mass is 16.5. The summed E-state index contributed by atoms with van der Waals surface area (Å²) in [4.78, 5) is 27.3. The quantitative estimate of drug-likeness (QED) is 0.838. The van der Waals surface area contributed by atoms with Crippen molar-refractivity contribution >= 4 is 12.0 Å². The summed E-state index contributed by atoms with van der Waals surface area (Å²) in [6.45, 7) is 3.66. The molecule has 2 amide bonds. The molecule has 6 nitrogen and oxygen atoms in total. The van der Waals surface area contributed by atoms with Crippen molar-refractivity contribution in [3.63, 3.8) is 0 Å². The summed E-state index contributed by atoms with van der Waals surface area (Å²) >= 11 is 0. The second-order valence-electron chi connectivity index (χ2n) is 6.15. The third-order valence-corrected chi connectivity index (χ3v) is 4.69. The fraction of sp³-hybridized carbons (Fsp3) is 0.867. The fourth-order valence-electron chi connectivity index (χ4n) is 3.48. The lowest BCUT2D eigenvalue weighted by Crippen LogP contribution is -2.51. The molecule has 1 aliphatic heterocycles. The molecule has 6 heteroatoms. The molecule has 120 valence electrons. The molecule has 1 saturated heterocycles. The van der Waals surface area contributed by atoms with Crippen molar-refractivity contribution in [3.8, 4) is 0 Å². The third-order valence-electron chi connectivity index (χ3n) is 4.69. The minimum atomic E-state index is -0.887. The number of carboxylic acid groups (broad SMARTS) is 1. The van der Waals surface area contributed by atoms with E-state index in [0.717, 1.165) is 6.54 Å². The summed E-state index contributed by atoms with van der Waals surface area (Å²) in [5.41, 5.74) is 0. The van der Waals surface area contributed by atoms with Crippen molar-refractivity contribution in [2.75, 3.05) is 33.4 Å². The normalized spacial score (nSPS) is 26.0. The maximum atomic E-state index is 12.6. The van der Waals surface area contributed by atoms with E-state index in [9.17, 15) is 14.7 Å². The molecule has 1 N–H and O–H groups in total. The summed E-state index contributed by atoms with van der Waals surface area (Å²) in [5, 5.41) is 9.25. The summed E-state index contributed by atoms with van der Waals surface area (Å²) < 4.78 is 5.28. The Bertz CT molecular complexity index is 382. The van der Waals surface area contributed by atoms with Gasteiger partial charge < -0.3 is 19.6 Å². The molecule has 2 atom stereocenters. The Balaban J connectivity index is 1.98. The van der Waals surface area contributed by atoms with Gasteiger partial charge in [0.25, 0.3) is 0 Å². The van der Waals surface area contributed by atoms with Crippen molar-refractivity contribution in [3.05, 3.63) is 0 Å². The Morgan fingerprint density at radius 1 is 1.24 bits per heavy atom. The van der Waals surface area contributed by atoms with Crippen molar-refractivity contribution in [1.82, 2.24) is 9.80 Å². The number of nitrogens with zero attached hydrogens (tertiary/aromatic N) is 2. The van der Waals surface area contributed by atoms with Gasteiger partial charge >= 0.3 is 12.0 Å². The molecule has 1 aliphatic carbocycles. The average molecular weight is 298 g/mol. The highest BCUT2D eigenvalue weighted by Crippen LogP contribution is 2.26. The zero-order valence-corrected chi connectivity index (χ0v) is 13.0. The number of ether oxygens (including phenoxy) is 1. The molecule has 0 spiro atoms. The lowest BCUT2D eigenvalue weighted by molar-refractivity contribution is -0.142. The molecule has 1 heterocycles. The van der Waals surface area contributed by atoms with Crippen LogP contribution >= 0.6 is 0 Å². The smallest absolute Gasteiger partial charge is 0.320 e. The van der Waals surface area contributed by atoms with Crippen LogP contribution in [-0.4, -0.2) is 66.3 Å². The van der Waals surface area contributed by atoms with Crippen LogP contribution in [-0.2, 0) is 9.53 Å². The van der Waals surface area contributed by atoms with Crippen LogP contribution in [0.5, 0.6) is 0 Å². The van der Waals surface area contributed by atoms with Crippen LogP contribution in [0.25, 0.3) is 0 Å². The van der Waals surface area contributed by atoms with Gasteiger partial charge in [-0.05, 0) is 25.7 Å². The van der Waals surface area contributed by atoms with Crippen LogP contribution in [0.3, 0.4) is 0 Å². The van der Waals surface area contributed by atoms with Crippen LogP contribution in [0.1, 0.15) is 32.6 Å². The molecule has 2 unspecified atom stereocenters. The first-order valence-electron chi connectivity index (χ1n) is 7.86. The number of amides is 2. The second-order valence-corrected chi connectivity index (χ2v) is 6.15. The lowest BCUT2D eigenvalue weighted by Gasteiger charge is -2.34. The van der Waals surface area contributed by atoms with Gasteiger partial charge in [-0.3, -0.25) is 4.79 Å². The van der Waals surface area contributed by atoms with E-state index in [-0.39, 0.29) is 18.7 Å². The van der Waals surface area contributed by atoms with Gasteiger partial charge in [0.15, 0.2) is 0 Å². The van der Waals surface area contributed by atoms with Crippen LogP contribution in [0.4, 0.5) is 4.79 Å². The first-order chi connectivity index (χ1) is 10.0.